The smallest absolute Gasteiger partial charge is 0.276 e. The van der Waals surface area contributed by atoms with Gasteiger partial charge < -0.3 is 14.2 Å². The van der Waals surface area contributed by atoms with Gasteiger partial charge in [0.15, 0.2) is 18.1 Å². The van der Waals surface area contributed by atoms with Gasteiger partial charge in [-0.15, -0.1) is 0 Å². The molecule has 0 radical (unpaired) electrons. The quantitative estimate of drug-likeness (QED) is 0.631. The van der Waals surface area contributed by atoms with Crippen LogP contribution in [0.2, 0.25) is 0 Å². The molecule has 2 aromatic rings. The second-order valence-electron chi connectivity index (χ2n) is 7.00. The SMILES string of the molecule is COc1cc(C)ccc1OCC(=O)NNC(=O)c1ccc(OCCC(C)C)cc1. The van der Waals surface area contributed by atoms with E-state index in [1.54, 1.807) is 30.3 Å². The Kier molecular flexibility index (Phi) is 8.33. The molecule has 2 rings (SSSR count). The van der Waals surface area contributed by atoms with Crippen LogP contribution in [0, 0.1) is 12.8 Å². The molecule has 2 aromatic carbocycles. The number of carbonyl (C=O) groups is 2. The first-order chi connectivity index (χ1) is 13.9. The van der Waals surface area contributed by atoms with Crippen molar-refractivity contribution in [2.75, 3.05) is 20.3 Å². The van der Waals surface area contributed by atoms with Gasteiger partial charge in [-0.05, 0) is 61.2 Å². The number of benzene rings is 2. The molecular formula is C22H28N2O5. The molecule has 0 heterocycles. The number of hydrazine groups is 1. The standard InChI is InChI=1S/C22H28N2O5/c1-15(2)11-12-28-18-8-6-17(7-9-18)22(26)24-23-21(25)14-29-19-10-5-16(3)13-20(19)27-4/h5-10,13,15H,11-12,14H2,1-4H3,(H,23,25)(H,24,26). The summed E-state index contributed by atoms with van der Waals surface area (Å²) < 4.78 is 16.3. The van der Waals surface area contributed by atoms with E-state index < -0.39 is 11.8 Å². The minimum Gasteiger partial charge on any atom is -0.494 e. The molecule has 0 unspecified atom stereocenters. The summed E-state index contributed by atoms with van der Waals surface area (Å²) in [5.41, 5.74) is 6.11. The van der Waals surface area contributed by atoms with Crippen LogP contribution in [0.15, 0.2) is 42.5 Å². The number of rotatable bonds is 9. The van der Waals surface area contributed by atoms with Crippen molar-refractivity contribution in [1.82, 2.24) is 10.9 Å². The Hall–Kier alpha value is -3.22. The minimum absolute atomic E-state index is 0.262. The van der Waals surface area contributed by atoms with Gasteiger partial charge >= 0.3 is 0 Å². The molecule has 2 N–H and O–H groups in total. The Morgan fingerprint density at radius 1 is 0.966 bits per heavy atom. The van der Waals surface area contributed by atoms with Gasteiger partial charge in [-0.1, -0.05) is 19.9 Å². The molecule has 0 saturated heterocycles. The largest absolute Gasteiger partial charge is 0.494 e. The molecule has 156 valence electrons. The molecule has 0 bridgehead atoms. The zero-order valence-electron chi connectivity index (χ0n) is 17.3. The van der Waals surface area contributed by atoms with Crippen molar-refractivity contribution in [2.45, 2.75) is 27.2 Å². The highest BCUT2D eigenvalue weighted by atomic mass is 16.5. The zero-order chi connectivity index (χ0) is 21.2. The highest BCUT2D eigenvalue weighted by Gasteiger charge is 2.10. The van der Waals surface area contributed by atoms with Gasteiger partial charge in [0.2, 0.25) is 0 Å². The molecule has 0 aromatic heterocycles. The fraction of sp³-hybridized carbons (Fsp3) is 0.364. The van der Waals surface area contributed by atoms with Crippen LogP contribution in [0.1, 0.15) is 36.2 Å². The fourth-order valence-corrected chi connectivity index (χ4v) is 2.39. The summed E-state index contributed by atoms with van der Waals surface area (Å²) in [6.07, 6.45) is 0.963. The molecule has 7 nitrogen and oxygen atoms in total. The van der Waals surface area contributed by atoms with Crippen LogP contribution in [0.3, 0.4) is 0 Å². The summed E-state index contributed by atoms with van der Waals surface area (Å²) in [7, 11) is 1.53. The lowest BCUT2D eigenvalue weighted by Gasteiger charge is -2.12. The predicted octanol–water partition coefficient (Wildman–Crippen LogP) is 3.27. The van der Waals surface area contributed by atoms with E-state index in [4.69, 9.17) is 14.2 Å². The van der Waals surface area contributed by atoms with Crippen molar-refractivity contribution >= 4 is 11.8 Å². The fourth-order valence-electron chi connectivity index (χ4n) is 2.39. The average molecular weight is 400 g/mol. The Bertz CT molecular complexity index is 818. The van der Waals surface area contributed by atoms with E-state index in [1.807, 2.05) is 19.1 Å². The van der Waals surface area contributed by atoms with Gasteiger partial charge in [0.05, 0.1) is 13.7 Å². The molecule has 29 heavy (non-hydrogen) atoms. The maximum absolute atomic E-state index is 12.1. The molecule has 0 atom stereocenters. The van der Waals surface area contributed by atoms with Crippen molar-refractivity contribution in [3.8, 4) is 17.2 Å². The number of hydrogen-bond donors (Lipinski definition) is 2. The van der Waals surface area contributed by atoms with E-state index in [0.717, 1.165) is 12.0 Å². The summed E-state index contributed by atoms with van der Waals surface area (Å²) >= 11 is 0. The third kappa shape index (κ3) is 7.37. The molecule has 2 amide bonds. The molecule has 0 aliphatic heterocycles. The van der Waals surface area contributed by atoms with Gasteiger partial charge in [0.25, 0.3) is 11.8 Å². The average Bonchev–Trinajstić information content (AvgIpc) is 2.71. The second kappa shape index (κ2) is 10.9. The third-order valence-electron chi connectivity index (χ3n) is 4.07. The van der Waals surface area contributed by atoms with Crippen molar-refractivity contribution in [1.29, 1.82) is 0 Å². The molecular weight excluding hydrogens is 372 g/mol. The number of aryl methyl sites for hydroxylation is 1. The normalized spacial score (nSPS) is 10.4. The lowest BCUT2D eigenvalue weighted by molar-refractivity contribution is -0.123. The maximum atomic E-state index is 12.1. The minimum atomic E-state index is -0.491. The lowest BCUT2D eigenvalue weighted by Crippen LogP contribution is -2.43. The molecule has 0 fully saturated rings. The van der Waals surface area contributed by atoms with Crippen molar-refractivity contribution < 1.29 is 23.8 Å². The highest BCUT2D eigenvalue weighted by Crippen LogP contribution is 2.27. The Balaban J connectivity index is 1.77. The molecule has 0 saturated carbocycles. The number of amides is 2. The van der Waals surface area contributed by atoms with Gasteiger partial charge in [0.1, 0.15) is 5.75 Å². The molecule has 0 aliphatic carbocycles. The van der Waals surface area contributed by atoms with Crippen LogP contribution >= 0.6 is 0 Å². The zero-order valence-corrected chi connectivity index (χ0v) is 17.3. The van der Waals surface area contributed by atoms with Crippen molar-refractivity contribution in [3.63, 3.8) is 0 Å². The number of nitrogens with one attached hydrogen (secondary N) is 2. The van der Waals surface area contributed by atoms with Crippen LogP contribution < -0.4 is 25.1 Å². The van der Waals surface area contributed by atoms with Gasteiger partial charge in [-0.2, -0.15) is 0 Å². The van der Waals surface area contributed by atoms with E-state index >= 15 is 0 Å². The maximum Gasteiger partial charge on any atom is 0.276 e. The first-order valence-corrected chi connectivity index (χ1v) is 9.48. The van der Waals surface area contributed by atoms with E-state index in [-0.39, 0.29) is 6.61 Å². The number of ether oxygens (including phenoxy) is 3. The number of carbonyl (C=O) groups excluding carboxylic acids is 2. The number of hydrogen-bond acceptors (Lipinski definition) is 5. The number of methoxy groups -OCH3 is 1. The third-order valence-corrected chi connectivity index (χ3v) is 4.07. The first kappa shape index (κ1) is 22.1. The molecule has 7 heteroatoms. The molecule has 0 aliphatic rings. The van der Waals surface area contributed by atoms with Gasteiger partial charge in [-0.25, -0.2) is 0 Å². The van der Waals surface area contributed by atoms with E-state index in [2.05, 4.69) is 24.7 Å². The van der Waals surface area contributed by atoms with Gasteiger partial charge in [-0.3, -0.25) is 20.4 Å². The topological polar surface area (TPSA) is 85.9 Å². The van der Waals surface area contributed by atoms with Crippen LogP contribution in [0.25, 0.3) is 0 Å². The van der Waals surface area contributed by atoms with Crippen LogP contribution in [-0.4, -0.2) is 32.1 Å². The van der Waals surface area contributed by atoms with Crippen molar-refractivity contribution in [3.05, 3.63) is 53.6 Å². The summed E-state index contributed by atoms with van der Waals surface area (Å²) in [6.45, 7) is 6.56. The molecule has 0 spiro atoms. The predicted molar refractivity (Wildman–Crippen MR) is 110 cm³/mol. The Labute approximate surface area is 171 Å². The van der Waals surface area contributed by atoms with Gasteiger partial charge in [0, 0.05) is 5.56 Å². The summed E-state index contributed by atoms with van der Waals surface area (Å²) in [5, 5.41) is 0. The second-order valence-corrected chi connectivity index (χ2v) is 7.00. The highest BCUT2D eigenvalue weighted by molar-refractivity contribution is 5.95. The van der Waals surface area contributed by atoms with Crippen LogP contribution in [0.4, 0.5) is 0 Å². The monoisotopic (exact) mass is 400 g/mol. The van der Waals surface area contributed by atoms with Crippen LogP contribution in [0.5, 0.6) is 17.2 Å². The van der Waals surface area contributed by atoms with Crippen molar-refractivity contribution in [2.24, 2.45) is 5.92 Å². The van der Waals surface area contributed by atoms with Crippen LogP contribution in [-0.2, 0) is 4.79 Å². The van der Waals surface area contributed by atoms with E-state index in [0.29, 0.717) is 35.3 Å². The Morgan fingerprint density at radius 2 is 1.69 bits per heavy atom. The Morgan fingerprint density at radius 3 is 2.34 bits per heavy atom. The summed E-state index contributed by atoms with van der Waals surface area (Å²) in [5.74, 6) is 1.34. The van der Waals surface area contributed by atoms with E-state index in [9.17, 15) is 9.59 Å². The summed E-state index contributed by atoms with van der Waals surface area (Å²) in [4.78, 5) is 24.1. The first-order valence-electron chi connectivity index (χ1n) is 9.48. The lowest BCUT2D eigenvalue weighted by atomic mass is 10.1. The summed E-state index contributed by atoms with van der Waals surface area (Å²) in [6, 6.07) is 12.1. The van der Waals surface area contributed by atoms with E-state index in [1.165, 1.54) is 7.11 Å².